The highest BCUT2D eigenvalue weighted by Crippen LogP contribution is 2.41. The van der Waals surface area contributed by atoms with Crippen molar-refractivity contribution in [1.29, 1.82) is 0 Å². The Bertz CT molecular complexity index is 380. The van der Waals surface area contributed by atoms with Gasteiger partial charge in [-0.05, 0) is 24.3 Å². The number of hydrogen-bond acceptors (Lipinski definition) is 3. The van der Waals surface area contributed by atoms with E-state index in [1.165, 1.54) is 5.56 Å². The third kappa shape index (κ3) is 2.99. The Morgan fingerprint density at radius 3 is 2.42 bits per heavy atom. The molecule has 0 aliphatic carbocycles. The highest BCUT2D eigenvalue weighted by Gasteiger charge is 2.46. The maximum atomic E-state index is 5.96. The van der Waals surface area contributed by atoms with E-state index in [1.54, 1.807) is 0 Å². The van der Waals surface area contributed by atoms with Gasteiger partial charge in [-0.15, -0.1) is 0 Å². The van der Waals surface area contributed by atoms with Crippen LogP contribution in [0.15, 0.2) is 30.3 Å². The predicted molar refractivity (Wildman–Crippen MR) is 72.9 cm³/mol. The Kier molecular flexibility index (Phi) is 4.16. The fraction of sp³-hybridized carbons (Fsp3) is 0.625. The molecule has 3 rings (SSSR count). The van der Waals surface area contributed by atoms with Gasteiger partial charge >= 0.3 is 0 Å². The second kappa shape index (κ2) is 6.04. The summed E-state index contributed by atoms with van der Waals surface area (Å²) in [6.07, 6.45) is 2.30. The summed E-state index contributed by atoms with van der Waals surface area (Å²) in [4.78, 5) is 0. The van der Waals surface area contributed by atoms with Gasteiger partial charge in [0, 0.05) is 18.6 Å². The molecular weight excluding hydrogens is 240 g/mol. The number of hydrogen-bond donors (Lipinski definition) is 0. The summed E-state index contributed by atoms with van der Waals surface area (Å²) in [7, 11) is 0. The van der Waals surface area contributed by atoms with E-state index in [9.17, 15) is 0 Å². The Hall–Kier alpha value is -0.900. The molecule has 0 radical (unpaired) electrons. The molecule has 0 unspecified atom stereocenters. The summed E-state index contributed by atoms with van der Waals surface area (Å²) < 4.78 is 16.9. The van der Waals surface area contributed by atoms with E-state index in [1.807, 2.05) is 6.07 Å². The van der Waals surface area contributed by atoms with E-state index in [-0.39, 0.29) is 5.41 Å². The summed E-state index contributed by atoms with van der Waals surface area (Å²) in [5, 5.41) is 0. The van der Waals surface area contributed by atoms with Gasteiger partial charge in [0.25, 0.3) is 0 Å². The van der Waals surface area contributed by atoms with Crippen LogP contribution in [0.25, 0.3) is 0 Å². The van der Waals surface area contributed by atoms with E-state index in [2.05, 4.69) is 24.3 Å². The smallest absolute Gasteiger partial charge is 0.0717 e. The lowest BCUT2D eigenvalue weighted by Gasteiger charge is -2.48. The lowest BCUT2D eigenvalue weighted by atomic mass is 9.70. The first-order valence-corrected chi connectivity index (χ1v) is 7.16. The van der Waals surface area contributed by atoms with Crippen molar-refractivity contribution >= 4 is 0 Å². The summed E-state index contributed by atoms with van der Waals surface area (Å²) in [5.74, 6) is 0.700. The molecule has 0 saturated carbocycles. The van der Waals surface area contributed by atoms with Gasteiger partial charge in [0.15, 0.2) is 0 Å². The van der Waals surface area contributed by atoms with Crippen LogP contribution < -0.4 is 0 Å². The first-order valence-electron chi connectivity index (χ1n) is 7.16. The Balaban J connectivity index is 1.52. The van der Waals surface area contributed by atoms with E-state index in [0.29, 0.717) is 12.5 Å². The van der Waals surface area contributed by atoms with Gasteiger partial charge in [0.2, 0.25) is 0 Å². The van der Waals surface area contributed by atoms with E-state index in [0.717, 1.165) is 45.9 Å². The van der Waals surface area contributed by atoms with Gasteiger partial charge < -0.3 is 14.2 Å². The topological polar surface area (TPSA) is 27.7 Å². The molecule has 0 N–H and O–H groups in total. The second-order valence-electron chi connectivity index (χ2n) is 5.72. The molecule has 104 valence electrons. The molecule has 1 aromatic carbocycles. The first kappa shape index (κ1) is 13.1. The van der Waals surface area contributed by atoms with Crippen LogP contribution in [-0.2, 0) is 20.8 Å². The van der Waals surface area contributed by atoms with Crippen molar-refractivity contribution in [2.24, 2.45) is 11.3 Å². The highest BCUT2D eigenvalue weighted by atomic mass is 16.5. The Morgan fingerprint density at radius 1 is 1.05 bits per heavy atom. The molecular formula is C16H22O3. The maximum absolute atomic E-state index is 5.96. The van der Waals surface area contributed by atoms with Crippen LogP contribution in [0.3, 0.4) is 0 Å². The predicted octanol–water partition coefficient (Wildman–Crippen LogP) is 2.65. The van der Waals surface area contributed by atoms with Crippen molar-refractivity contribution in [2.75, 3.05) is 33.0 Å². The van der Waals surface area contributed by atoms with E-state index in [4.69, 9.17) is 14.2 Å². The van der Waals surface area contributed by atoms with Crippen molar-refractivity contribution in [3.05, 3.63) is 35.9 Å². The SMILES string of the molecule is c1ccc(COCC2(C3CCOCC3)COC2)cc1. The first-order chi connectivity index (χ1) is 9.39. The second-order valence-corrected chi connectivity index (χ2v) is 5.72. The Morgan fingerprint density at radius 2 is 1.79 bits per heavy atom. The molecule has 19 heavy (non-hydrogen) atoms. The third-order valence-electron chi connectivity index (χ3n) is 4.37. The number of ether oxygens (including phenoxy) is 3. The number of rotatable bonds is 5. The number of benzene rings is 1. The molecule has 2 heterocycles. The van der Waals surface area contributed by atoms with Crippen LogP contribution >= 0.6 is 0 Å². The van der Waals surface area contributed by atoms with Gasteiger partial charge in [0.05, 0.1) is 26.4 Å². The van der Waals surface area contributed by atoms with Crippen molar-refractivity contribution < 1.29 is 14.2 Å². The zero-order valence-corrected chi connectivity index (χ0v) is 11.3. The minimum atomic E-state index is 0.249. The van der Waals surface area contributed by atoms with Crippen LogP contribution in [0.1, 0.15) is 18.4 Å². The van der Waals surface area contributed by atoms with Crippen LogP contribution in [0.4, 0.5) is 0 Å². The van der Waals surface area contributed by atoms with Crippen LogP contribution in [0, 0.1) is 11.3 Å². The molecule has 0 bridgehead atoms. The Labute approximate surface area is 114 Å². The van der Waals surface area contributed by atoms with Crippen LogP contribution in [-0.4, -0.2) is 33.0 Å². The molecule has 0 amide bonds. The maximum Gasteiger partial charge on any atom is 0.0717 e. The van der Waals surface area contributed by atoms with Gasteiger partial charge in [0.1, 0.15) is 0 Å². The van der Waals surface area contributed by atoms with E-state index < -0.39 is 0 Å². The standard InChI is InChI=1S/C16H22O3/c1-2-4-14(5-3-1)10-18-11-16(12-19-13-16)15-6-8-17-9-7-15/h1-5,15H,6-13H2. The molecule has 1 aromatic rings. The quantitative estimate of drug-likeness (QED) is 0.816. The lowest BCUT2D eigenvalue weighted by molar-refractivity contribution is -0.193. The minimum absolute atomic E-state index is 0.249. The molecule has 2 fully saturated rings. The fourth-order valence-electron chi connectivity index (χ4n) is 3.06. The third-order valence-corrected chi connectivity index (χ3v) is 4.37. The molecule has 0 spiro atoms. The molecule has 2 saturated heterocycles. The van der Waals surface area contributed by atoms with Gasteiger partial charge in [-0.3, -0.25) is 0 Å². The van der Waals surface area contributed by atoms with Crippen molar-refractivity contribution in [3.63, 3.8) is 0 Å². The van der Waals surface area contributed by atoms with Gasteiger partial charge in [-0.1, -0.05) is 30.3 Å². The average molecular weight is 262 g/mol. The summed E-state index contributed by atoms with van der Waals surface area (Å²) in [6.45, 7) is 5.01. The van der Waals surface area contributed by atoms with Crippen molar-refractivity contribution in [1.82, 2.24) is 0 Å². The normalized spacial score (nSPS) is 22.9. The van der Waals surface area contributed by atoms with Gasteiger partial charge in [-0.2, -0.15) is 0 Å². The highest BCUT2D eigenvalue weighted by molar-refractivity contribution is 5.13. The van der Waals surface area contributed by atoms with Crippen molar-refractivity contribution in [2.45, 2.75) is 19.4 Å². The average Bonchev–Trinajstić information content (AvgIpc) is 2.44. The van der Waals surface area contributed by atoms with Crippen molar-refractivity contribution in [3.8, 4) is 0 Å². The largest absolute Gasteiger partial charge is 0.381 e. The molecule has 3 heteroatoms. The minimum Gasteiger partial charge on any atom is -0.381 e. The van der Waals surface area contributed by atoms with Gasteiger partial charge in [-0.25, -0.2) is 0 Å². The molecule has 3 nitrogen and oxygen atoms in total. The zero-order valence-electron chi connectivity index (χ0n) is 11.3. The fourth-order valence-corrected chi connectivity index (χ4v) is 3.06. The monoisotopic (exact) mass is 262 g/mol. The summed E-state index contributed by atoms with van der Waals surface area (Å²) in [5.41, 5.74) is 1.49. The summed E-state index contributed by atoms with van der Waals surface area (Å²) >= 11 is 0. The molecule has 2 aliphatic heterocycles. The van der Waals surface area contributed by atoms with Crippen LogP contribution in [0.2, 0.25) is 0 Å². The molecule has 2 aliphatic rings. The summed E-state index contributed by atoms with van der Waals surface area (Å²) in [6, 6.07) is 10.4. The van der Waals surface area contributed by atoms with Crippen LogP contribution in [0.5, 0.6) is 0 Å². The molecule has 0 aromatic heterocycles. The van der Waals surface area contributed by atoms with E-state index >= 15 is 0 Å². The molecule has 0 atom stereocenters. The lowest BCUT2D eigenvalue weighted by Crippen LogP contribution is -2.53. The zero-order chi connectivity index (χ0) is 13.0.